The lowest BCUT2D eigenvalue weighted by Gasteiger charge is -2.10. The smallest absolute Gasteiger partial charge is 0.0795 e. The lowest BCUT2D eigenvalue weighted by Crippen LogP contribution is -2.18. The summed E-state index contributed by atoms with van der Waals surface area (Å²) < 4.78 is 1.89. The van der Waals surface area contributed by atoms with Crippen molar-refractivity contribution in [3.63, 3.8) is 0 Å². The van der Waals surface area contributed by atoms with Gasteiger partial charge in [-0.3, -0.25) is 4.68 Å². The summed E-state index contributed by atoms with van der Waals surface area (Å²) in [4.78, 5) is 4.29. The van der Waals surface area contributed by atoms with Crippen LogP contribution in [0.15, 0.2) is 17.1 Å². The lowest BCUT2D eigenvalue weighted by molar-refractivity contribution is 0.562. The summed E-state index contributed by atoms with van der Waals surface area (Å²) in [6.07, 6.45) is 1.91. The minimum Gasteiger partial charge on any atom is -0.305 e. The maximum atomic E-state index is 4.29. The second-order valence-corrected chi connectivity index (χ2v) is 4.61. The highest BCUT2D eigenvalue weighted by molar-refractivity contribution is 7.07. The second kappa shape index (κ2) is 4.76. The van der Waals surface area contributed by atoms with Gasteiger partial charge < -0.3 is 5.32 Å². The number of nitrogens with zero attached hydrogens (tertiary/aromatic N) is 3. The van der Waals surface area contributed by atoms with E-state index in [0.717, 1.165) is 12.2 Å². The van der Waals surface area contributed by atoms with Crippen LogP contribution in [0.1, 0.15) is 29.9 Å². The van der Waals surface area contributed by atoms with E-state index in [-0.39, 0.29) is 6.04 Å². The first-order valence-corrected chi connectivity index (χ1v) is 6.21. The van der Waals surface area contributed by atoms with Crippen molar-refractivity contribution in [3.8, 4) is 0 Å². The van der Waals surface area contributed by atoms with Gasteiger partial charge in [0.1, 0.15) is 0 Å². The molecule has 1 unspecified atom stereocenters. The van der Waals surface area contributed by atoms with Crippen LogP contribution in [0.4, 0.5) is 0 Å². The van der Waals surface area contributed by atoms with Crippen LogP contribution in [-0.4, -0.2) is 14.8 Å². The van der Waals surface area contributed by atoms with Crippen LogP contribution in [0.25, 0.3) is 0 Å². The van der Waals surface area contributed by atoms with E-state index in [1.807, 2.05) is 23.4 Å². The van der Waals surface area contributed by atoms with Crippen molar-refractivity contribution >= 4 is 11.3 Å². The standard InChI is InChI=1S/C11H16N4S/c1-8(11-6-16-7-13-11)12-4-10-5-14-15(3)9(10)2/h5-8,12H,4H2,1-3H3. The van der Waals surface area contributed by atoms with Gasteiger partial charge in [0.2, 0.25) is 0 Å². The third-order valence-electron chi connectivity index (χ3n) is 2.83. The van der Waals surface area contributed by atoms with Crippen LogP contribution in [0.3, 0.4) is 0 Å². The summed E-state index contributed by atoms with van der Waals surface area (Å²) in [5.41, 5.74) is 5.41. The van der Waals surface area contributed by atoms with E-state index in [9.17, 15) is 0 Å². The molecule has 0 aliphatic rings. The van der Waals surface area contributed by atoms with Gasteiger partial charge in [0.05, 0.1) is 17.4 Å². The molecule has 0 aliphatic carbocycles. The molecule has 0 aromatic carbocycles. The van der Waals surface area contributed by atoms with Crippen LogP contribution < -0.4 is 5.32 Å². The minimum absolute atomic E-state index is 0.283. The molecule has 2 aromatic heterocycles. The van der Waals surface area contributed by atoms with Crippen molar-refractivity contribution in [2.45, 2.75) is 26.4 Å². The quantitative estimate of drug-likeness (QED) is 0.883. The van der Waals surface area contributed by atoms with Crippen LogP contribution in [0.2, 0.25) is 0 Å². The molecular formula is C11H16N4S. The Morgan fingerprint density at radius 3 is 2.94 bits per heavy atom. The largest absolute Gasteiger partial charge is 0.305 e. The van der Waals surface area contributed by atoms with Crippen molar-refractivity contribution in [2.75, 3.05) is 0 Å². The lowest BCUT2D eigenvalue weighted by atomic mass is 10.2. The van der Waals surface area contributed by atoms with Crippen molar-refractivity contribution in [1.82, 2.24) is 20.1 Å². The molecule has 0 fully saturated rings. The van der Waals surface area contributed by atoms with Gasteiger partial charge in [-0.15, -0.1) is 11.3 Å². The second-order valence-electron chi connectivity index (χ2n) is 3.89. The number of aryl methyl sites for hydroxylation is 1. The van der Waals surface area contributed by atoms with Gasteiger partial charge in [0.15, 0.2) is 0 Å². The molecule has 0 aliphatic heterocycles. The van der Waals surface area contributed by atoms with E-state index < -0.39 is 0 Å². The summed E-state index contributed by atoms with van der Waals surface area (Å²) in [6, 6.07) is 0.283. The van der Waals surface area contributed by atoms with Gasteiger partial charge in [-0.1, -0.05) is 0 Å². The Labute approximate surface area is 99.3 Å². The SMILES string of the molecule is Cc1c(CNC(C)c2cscn2)cnn1C. The van der Waals surface area contributed by atoms with E-state index in [4.69, 9.17) is 0 Å². The Balaban J connectivity index is 1.95. The molecular weight excluding hydrogens is 220 g/mol. The fraction of sp³-hybridized carbons (Fsp3) is 0.455. The van der Waals surface area contributed by atoms with E-state index in [0.29, 0.717) is 0 Å². The van der Waals surface area contributed by atoms with Gasteiger partial charge in [-0.2, -0.15) is 5.10 Å². The minimum atomic E-state index is 0.283. The average molecular weight is 236 g/mol. The molecule has 5 heteroatoms. The molecule has 1 atom stereocenters. The number of hydrogen-bond acceptors (Lipinski definition) is 4. The molecule has 86 valence electrons. The number of nitrogens with one attached hydrogen (secondary N) is 1. The summed E-state index contributed by atoms with van der Waals surface area (Å²) >= 11 is 1.63. The molecule has 0 saturated carbocycles. The van der Waals surface area contributed by atoms with E-state index >= 15 is 0 Å². The van der Waals surface area contributed by atoms with Gasteiger partial charge in [-0.05, 0) is 13.8 Å². The Morgan fingerprint density at radius 1 is 1.56 bits per heavy atom. The Hall–Kier alpha value is -1.20. The number of thiazole rings is 1. The predicted octanol–water partition coefficient (Wildman–Crippen LogP) is 2.04. The van der Waals surface area contributed by atoms with Gasteiger partial charge in [0.25, 0.3) is 0 Å². The van der Waals surface area contributed by atoms with Crippen molar-refractivity contribution < 1.29 is 0 Å². The molecule has 2 heterocycles. The molecule has 2 rings (SSSR count). The van der Waals surface area contributed by atoms with Gasteiger partial charge in [0, 0.05) is 36.3 Å². The van der Waals surface area contributed by atoms with Crippen molar-refractivity contribution in [1.29, 1.82) is 0 Å². The molecule has 2 aromatic rings. The Kier molecular flexibility index (Phi) is 3.36. The summed E-state index contributed by atoms with van der Waals surface area (Å²) in [5, 5.41) is 9.74. The Bertz CT molecular complexity index is 447. The summed E-state index contributed by atoms with van der Waals surface area (Å²) in [5.74, 6) is 0. The van der Waals surface area contributed by atoms with Crippen LogP contribution in [0.5, 0.6) is 0 Å². The summed E-state index contributed by atoms with van der Waals surface area (Å²) in [7, 11) is 1.96. The van der Waals surface area contributed by atoms with E-state index in [1.54, 1.807) is 11.3 Å². The maximum Gasteiger partial charge on any atom is 0.0795 e. The van der Waals surface area contributed by atoms with E-state index in [2.05, 4.69) is 34.6 Å². The maximum absolute atomic E-state index is 4.29. The number of aromatic nitrogens is 3. The first-order chi connectivity index (χ1) is 7.68. The highest BCUT2D eigenvalue weighted by Crippen LogP contribution is 2.13. The zero-order valence-corrected chi connectivity index (χ0v) is 10.6. The van der Waals surface area contributed by atoms with Crippen LogP contribution in [0, 0.1) is 6.92 Å². The molecule has 4 nitrogen and oxygen atoms in total. The van der Waals surface area contributed by atoms with Gasteiger partial charge >= 0.3 is 0 Å². The zero-order valence-electron chi connectivity index (χ0n) is 9.77. The molecule has 0 amide bonds. The predicted molar refractivity (Wildman–Crippen MR) is 65.3 cm³/mol. The van der Waals surface area contributed by atoms with Gasteiger partial charge in [-0.25, -0.2) is 4.98 Å². The summed E-state index contributed by atoms with van der Waals surface area (Å²) in [6.45, 7) is 5.04. The highest BCUT2D eigenvalue weighted by atomic mass is 32.1. The molecule has 16 heavy (non-hydrogen) atoms. The third kappa shape index (κ3) is 2.31. The molecule has 1 N–H and O–H groups in total. The van der Waals surface area contributed by atoms with Crippen LogP contribution >= 0.6 is 11.3 Å². The number of hydrogen-bond donors (Lipinski definition) is 1. The fourth-order valence-electron chi connectivity index (χ4n) is 1.52. The topological polar surface area (TPSA) is 42.7 Å². The number of rotatable bonds is 4. The first kappa shape index (κ1) is 11.3. The monoisotopic (exact) mass is 236 g/mol. The molecule has 0 bridgehead atoms. The Morgan fingerprint density at radius 2 is 2.38 bits per heavy atom. The third-order valence-corrected chi connectivity index (χ3v) is 3.44. The van der Waals surface area contributed by atoms with Crippen molar-refractivity contribution in [3.05, 3.63) is 34.0 Å². The van der Waals surface area contributed by atoms with Crippen molar-refractivity contribution in [2.24, 2.45) is 7.05 Å². The first-order valence-electron chi connectivity index (χ1n) is 5.27. The van der Waals surface area contributed by atoms with Crippen LogP contribution in [-0.2, 0) is 13.6 Å². The molecule has 0 radical (unpaired) electrons. The average Bonchev–Trinajstić information content (AvgIpc) is 2.89. The molecule has 0 saturated heterocycles. The fourth-order valence-corrected chi connectivity index (χ4v) is 2.17. The zero-order chi connectivity index (χ0) is 11.5. The van der Waals surface area contributed by atoms with E-state index in [1.165, 1.54) is 11.3 Å². The normalized spacial score (nSPS) is 12.9. The highest BCUT2D eigenvalue weighted by Gasteiger charge is 2.08. The molecule has 0 spiro atoms.